The number of hydrogen-bond acceptors (Lipinski definition) is 8. The molecule has 9 heteroatoms. The first kappa shape index (κ1) is 42.0. The van der Waals surface area contributed by atoms with Gasteiger partial charge in [-0.15, -0.1) is 22.7 Å². The standard InChI is InChI=1S/C10H12N2.C10H11NO.C10H11NS.C9H10S2.C7H10S/c1-7(2)10-8-5-3-4-6-9(8)11-12-10;2*1-7(2)10-8-5-3-4-6-9(8)12-11-10;1-6(2)8-5-9-7(11-8)3-4-10-9;1-6(2)7-3-4-8-5-7/h3-7H,1-2H3,(H,11,12);2*3-7H,1-2H3;3-6H,1-2H3;3-6H,1-2H3. The zero-order chi connectivity index (χ0) is 39.5. The summed E-state index contributed by atoms with van der Waals surface area (Å²) in [5.41, 5.74) is 6.89. The van der Waals surface area contributed by atoms with Crippen LogP contribution in [0.3, 0.4) is 0 Å². The van der Waals surface area contributed by atoms with Crippen LogP contribution in [0.4, 0.5) is 0 Å². The molecule has 3 aromatic carbocycles. The number of H-pyrrole nitrogens is 1. The van der Waals surface area contributed by atoms with Gasteiger partial charge in [0, 0.05) is 36.1 Å². The first-order valence-corrected chi connectivity index (χ1v) is 22.5. The van der Waals surface area contributed by atoms with Gasteiger partial charge in [0.15, 0.2) is 5.58 Å². The molecule has 6 aromatic heterocycles. The summed E-state index contributed by atoms with van der Waals surface area (Å²) >= 11 is 7.12. The van der Waals surface area contributed by atoms with Gasteiger partial charge in [0.1, 0.15) is 0 Å². The number of hydrogen-bond donors (Lipinski definition) is 1. The van der Waals surface area contributed by atoms with Crippen LogP contribution in [0.2, 0.25) is 0 Å². The molecule has 0 bridgehead atoms. The van der Waals surface area contributed by atoms with Gasteiger partial charge in [0.05, 0.1) is 21.6 Å². The molecule has 0 fully saturated rings. The second-order valence-corrected chi connectivity index (χ2v) is 18.6. The molecule has 5 nitrogen and oxygen atoms in total. The van der Waals surface area contributed by atoms with E-state index in [2.05, 4.69) is 154 Å². The fourth-order valence-electron chi connectivity index (χ4n) is 5.74. The van der Waals surface area contributed by atoms with Crippen molar-refractivity contribution >= 4 is 86.9 Å². The largest absolute Gasteiger partial charge is 0.356 e. The Labute approximate surface area is 342 Å². The van der Waals surface area contributed by atoms with Crippen LogP contribution in [-0.2, 0) is 0 Å². The predicted octanol–water partition coefficient (Wildman–Crippen LogP) is 16.0. The molecular weight excluding hydrogens is 753 g/mol. The van der Waals surface area contributed by atoms with Crippen molar-refractivity contribution in [3.8, 4) is 0 Å². The fraction of sp³-hybridized carbons (Fsp3) is 0.326. The second-order valence-electron chi connectivity index (χ2n) is 14.9. The first-order valence-electron chi connectivity index (χ1n) is 19.0. The van der Waals surface area contributed by atoms with E-state index in [1.807, 2.05) is 65.1 Å². The fourth-order valence-corrected chi connectivity index (χ4v) is 9.60. The Morgan fingerprint density at radius 1 is 0.582 bits per heavy atom. The lowest BCUT2D eigenvalue weighted by Crippen LogP contribution is -1.86. The number of aromatic nitrogens is 4. The normalized spacial score (nSPS) is 11.2. The lowest BCUT2D eigenvalue weighted by Gasteiger charge is -1.99. The third kappa shape index (κ3) is 11.2. The van der Waals surface area contributed by atoms with E-state index in [1.54, 1.807) is 22.9 Å². The number of rotatable bonds is 5. The van der Waals surface area contributed by atoms with E-state index in [-0.39, 0.29) is 0 Å². The Morgan fingerprint density at radius 3 is 1.87 bits per heavy atom. The summed E-state index contributed by atoms with van der Waals surface area (Å²) in [5, 5.41) is 21.5. The molecule has 0 aliphatic rings. The SMILES string of the molecule is CC(C)c1[nH]nc2ccccc12.CC(C)c1cc2sccc2s1.CC(C)c1ccsc1.CC(C)c1noc2ccccc12.CC(C)c1nsc2ccccc12. The first-order chi connectivity index (χ1) is 26.4. The van der Waals surface area contributed by atoms with Gasteiger partial charge >= 0.3 is 0 Å². The van der Waals surface area contributed by atoms with Crippen LogP contribution in [0.25, 0.3) is 41.4 Å². The summed E-state index contributed by atoms with van der Waals surface area (Å²) in [7, 11) is 0. The van der Waals surface area contributed by atoms with Gasteiger partial charge in [-0.1, -0.05) is 123 Å². The minimum Gasteiger partial charge on any atom is -0.356 e. The molecule has 0 amide bonds. The van der Waals surface area contributed by atoms with Crippen molar-refractivity contribution in [3.63, 3.8) is 0 Å². The van der Waals surface area contributed by atoms with Crippen LogP contribution < -0.4 is 0 Å². The maximum atomic E-state index is 5.16. The molecule has 9 rings (SSSR count). The van der Waals surface area contributed by atoms with E-state index >= 15 is 0 Å². The Morgan fingerprint density at radius 2 is 1.25 bits per heavy atom. The summed E-state index contributed by atoms with van der Waals surface area (Å²) in [6, 6.07) is 31.2. The third-order valence-electron chi connectivity index (χ3n) is 8.91. The minimum atomic E-state index is 0.425. The maximum absolute atomic E-state index is 5.16. The van der Waals surface area contributed by atoms with Gasteiger partial charge < -0.3 is 4.52 Å². The lowest BCUT2D eigenvalue weighted by atomic mass is 10.1. The van der Waals surface area contributed by atoms with Gasteiger partial charge in [-0.2, -0.15) is 20.8 Å². The van der Waals surface area contributed by atoms with E-state index in [4.69, 9.17) is 4.52 Å². The number of nitrogens with one attached hydrogen (secondary N) is 1. The predicted molar refractivity (Wildman–Crippen MR) is 244 cm³/mol. The Hall–Kier alpha value is -4.15. The number of nitrogens with zero attached hydrogens (tertiary/aromatic N) is 3. The van der Waals surface area contributed by atoms with Crippen molar-refractivity contribution in [3.05, 3.63) is 135 Å². The van der Waals surface area contributed by atoms with Crippen LogP contribution in [0, 0.1) is 0 Å². The summed E-state index contributed by atoms with van der Waals surface area (Å²) in [4.78, 5) is 1.51. The van der Waals surface area contributed by atoms with Crippen molar-refractivity contribution in [1.29, 1.82) is 0 Å². The van der Waals surface area contributed by atoms with Crippen LogP contribution in [0.1, 0.15) is 126 Å². The second kappa shape index (κ2) is 20.1. The highest BCUT2D eigenvalue weighted by Gasteiger charge is 2.10. The molecule has 0 aliphatic heterocycles. The molecule has 0 atom stereocenters. The molecule has 0 radical (unpaired) electrons. The van der Waals surface area contributed by atoms with Crippen molar-refractivity contribution in [2.75, 3.05) is 0 Å². The van der Waals surface area contributed by atoms with Crippen LogP contribution in [0.5, 0.6) is 0 Å². The third-order valence-corrected chi connectivity index (χ3v) is 12.8. The lowest BCUT2D eigenvalue weighted by molar-refractivity contribution is 0.441. The van der Waals surface area contributed by atoms with Crippen molar-refractivity contribution in [2.24, 2.45) is 0 Å². The maximum Gasteiger partial charge on any atom is 0.167 e. The number of para-hydroxylation sites is 2. The highest BCUT2D eigenvalue weighted by molar-refractivity contribution is 7.27. The number of benzene rings is 3. The molecule has 0 aliphatic carbocycles. The van der Waals surface area contributed by atoms with E-state index < -0.39 is 0 Å². The number of thiophene rings is 3. The van der Waals surface area contributed by atoms with Gasteiger partial charge in [0.2, 0.25) is 0 Å². The minimum absolute atomic E-state index is 0.425. The molecule has 1 N–H and O–H groups in total. The summed E-state index contributed by atoms with van der Waals surface area (Å²) < 4.78 is 13.8. The zero-order valence-corrected chi connectivity index (χ0v) is 36.9. The molecule has 6 heterocycles. The molecule has 288 valence electrons. The Bertz CT molecular complexity index is 2240. The summed E-state index contributed by atoms with van der Waals surface area (Å²) in [6.07, 6.45) is 0. The monoisotopic (exact) mass is 806 g/mol. The van der Waals surface area contributed by atoms with Crippen molar-refractivity contribution in [2.45, 2.75) is 98.8 Å². The molecular formula is C46H54N4OS4. The molecule has 55 heavy (non-hydrogen) atoms. The molecule has 0 unspecified atom stereocenters. The molecule has 0 spiro atoms. The van der Waals surface area contributed by atoms with Crippen molar-refractivity contribution < 1.29 is 4.52 Å². The highest BCUT2D eigenvalue weighted by atomic mass is 32.1. The van der Waals surface area contributed by atoms with E-state index in [0.29, 0.717) is 29.6 Å². The molecule has 9 aromatic rings. The van der Waals surface area contributed by atoms with Crippen molar-refractivity contribution in [1.82, 2.24) is 19.7 Å². The highest BCUT2D eigenvalue weighted by Crippen LogP contribution is 2.34. The van der Waals surface area contributed by atoms with Gasteiger partial charge in [0.25, 0.3) is 0 Å². The van der Waals surface area contributed by atoms with Crippen LogP contribution in [-0.4, -0.2) is 19.7 Å². The summed E-state index contributed by atoms with van der Waals surface area (Å²) in [6.45, 7) is 21.8. The quantitative estimate of drug-likeness (QED) is 0.188. The van der Waals surface area contributed by atoms with Crippen LogP contribution in [0.15, 0.2) is 112 Å². The van der Waals surface area contributed by atoms with Gasteiger partial charge in [-0.05, 0) is 105 Å². The number of aromatic amines is 1. The zero-order valence-electron chi connectivity index (χ0n) is 33.7. The Kier molecular flexibility index (Phi) is 15.4. The average molecular weight is 807 g/mol. The van der Waals surface area contributed by atoms with Crippen LogP contribution >= 0.6 is 45.5 Å². The smallest absolute Gasteiger partial charge is 0.167 e. The van der Waals surface area contributed by atoms with Gasteiger partial charge in [-0.25, -0.2) is 0 Å². The average Bonchev–Trinajstić information content (AvgIpc) is 4.01. The Balaban J connectivity index is 0.000000133. The van der Waals surface area contributed by atoms with E-state index in [0.717, 1.165) is 22.2 Å². The summed E-state index contributed by atoms with van der Waals surface area (Å²) in [5.74, 6) is 2.84. The number of fused-ring (bicyclic) bond motifs is 4. The molecule has 0 saturated carbocycles. The van der Waals surface area contributed by atoms with E-state index in [1.165, 1.54) is 46.7 Å². The molecule has 0 saturated heterocycles. The van der Waals surface area contributed by atoms with E-state index in [9.17, 15) is 0 Å². The topological polar surface area (TPSA) is 67.6 Å². The van der Waals surface area contributed by atoms with Gasteiger partial charge in [-0.3, -0.25) is 5.10 Å².